The minimum absolute atomic E-state index is 0.0600. The van der Waals surface area contributed by atoms with Crippen molar-refractivity contribution in [1.29, 1.82) is 0 Å². The maximum Gasteiger partial charge on any atom is 0.241 e. The fourth-order valence-corrected chi connectivity index (χ4v) is 5.89. The van der Waals surface area contributed by atoms with Gasteiger partial charge in [-0.05, 0) is 49.3 Å². The van der Waals surface area contributed by atoms with Gasteiger partial charge >= 0.3 is 0 Å². The van der Waals surface area contributed by atoms with Gasteiger partial charge in [-0.15, -0.1) is 0 Å². The lowest BCUT2D eigenvalue weighted by Gasteiger charge is -2.39. The number of carbonyl (C=O) groups is 1. The molecule has 5 atom stereocenters. The third kappa shape index (κ3) is 3.58. The molecule has 2 N–H and O–H groups in total. The van der Waals surface area contributed by atoms with Gasteiger partial charge in [0.1, 0.15) is 11.9 Å². The first-order valence-electron chi connectivity index (χ1n) is 11.0. The van der Waals surface area contributed by atoms with Crippen molar-refractivity contribution in [2.24, 2.45) is 11.8 Å². The van der Waals surface area contributed by atoms with Gasteiger partial charge in [0.05, 0.1) is 0 Å². The number of hydrogen-bond acceptors (Lipinski definition) is 4. The fraction of sp³-hybridized carbons (Fsp3) is 0.682. The number of rotatable bonds is 3. The van der Waals surface area contributed by atoms with E-state index in [0.29, 0.717) is 29.8 Å². The van der Waals surface area contributed by atoms with Crippen LogP contribution in [-0.4, -0.2) is 53.5 Å². The normalized spacial score (nSPS) is 35.6. The first kappa shape index (κ1) is 18.5. The molecule has 0 spiro atoms. The van der Waals surface area contributed by atoms with E-state index >= 15 is 0 Å². The second-order valence-corrected chi connectivity index (χ2v) is 9.23. The summed E-state index contributed by atoms with van der Waals surface area (Å²) in [5.41, 5.74) is 7.88. The highest BCUT2D eigenvalue weighted by Crippen LogP contribution is 2.34. The third-order valence-electron chi connectivity index (χ3n) is 7.33. The van der Waals surface area contributed by atoms with Gasteiger partial charge in [-0.25, -0.2) is 9.82 Å². The summed E-state index contributed by atoms with van der Waals surface area (Å²) in [6.07, 6.45) is 7.15. The molecule has 4 heterocycles. The van der Waals surface area contributed by atoms with Gasteiger partial charge in [-0.1, -0.05) is 25.0 Å². The van der Waals surface area contributed by atoms with Crippen molar-refractivity contribution in [2.75, 3.05) is 19.6 Å². The molecule has 1 amide bonds. The molecular formula is C22H31FN4O. The van der Waals surface area contributed by atoms with E-state index in [1.165, 1.54) is 37.8 Å². The third-order valence-corrected chi connectivity index (χ3v) is 7.33. The van der Waals surface area contributed by atoms with Crippen LogP contribution in [0.2, 0.25) is 0 Å². The van der Waals surface area contributed by atoms with Gasteiger partial charge in [-0.2, -0.15) is 0 Å². The molecule has 3 unspecified atom stereocenters. The zero-order valence-corrected chi connectivity index (χ0v) is 16.4. The first-order valence-corrected chi connectivity index (χ1v) is 11.0. The van der Waals surface area contributed by atoms with Crippen LogP contribution in [0.3, 0.4) is 0 Å². The molecule has 5 nitrogen and oxygen atoms in total. The number of halogens is 1. The predicted molar refractivity (Wildman–Crippen MR) is 106 cm³/mol. The zero-order chi connectivity index (χ0) is 19.1. The zero-order valence-electron chi connectivity index (χ0n) is 16.4. The molecule has 4 saturated heterocycles. The number of nitrogens with one attached hydrogen (secondary N) is 2. The maximum atomic E-state index is 13.5. The number of nitrogens with zero attached hydrogens (tertiary/aromatic N) is 2. The molecule has 6 rings (SSSR count). The molecule has 1 aliphatic carbocycles. The molecule has 6 heteroatoms. The van der Waals surface area contributed by atoms with Crippen LogP contribution in [0.15, 0.2) is 24.3 Å². The summed E-state index contributed by atoms with van der Waals surface area (Å²) in [7, 11) is 0. The van der Waals surface area contributed by atoms with Crippen LogP contribution < -0.4 is 10.9 Å². The minimum atomic E-state index is -0.185. The van der Waals surface area contributed by atoms with Crippen molar-refractivity contribution in [2.45, 2.75) is 63.2 Å². The number of carbonyl (C=O) groups excluding carboxylic acids is 1. The molecule has 0 radical (unpaired) electrons. The second kappa shape index (κ2) is 7.73. The largest absolute Gasteiger partial charge is 0.337 e. The van der Waals surface area contributed by atoms with Crippen molar-refractivity contribution in [3.63, 3.8) is 0 Å². The molecule has 1 aromatic carbocycles. The van der Waals surface area contributed by atoms with Crippen molar-refractivity contribution in [1.82, 2.24) is 20.7 Å². The number of piperidine rings is 1. The fourth-order valence-electron chi connectivity index (χ4n) is 5.89. The monoisotopic (exact) mass is 386 g/mol. The van der Waals surface area contributed by atoms with Crippen LogP contribution in [-0.2, 0) is 11.3 Å². The lowest BCUT2D eigenvalue weighted by Crippen LogP contribution is -2.55. The summed E-state index contributed by atoms with van der Waals surface area (Å²) in [4.78, 5) is 18.1. The number of benzene rings is 1. The Bertz CT molecular complexity index is 711. The second-order valence-electron chi connectivity index (χ2n) is 9.23. The average molecular weight is 387 g/mol. The van der Waals surface area contributed by atoms with E-state index in [1.54, 1.807) is 0 Å². The molecule has 2 bridgehead atoms. The van der Waals surface area contributed by atoms with Crippen molar-refractivity contribution >= 4 is 5.91 Å². The van der Waals surface area contributed by atoms with Crippen LogP contribution in [0.25, 0.3) is 0 Å². The Morgan fingerprint density at radius 2 is 1.82 bits per heavy atom. The molecule has 0 aromatic heterocycles. The van der Waals surface area contributed by atoms with Crippen molar-refractivity contribution in [3.05, 3.63) is 35.6 Å². The molecule has 28 heavy (non-hydrogen) atoms. The van der Waals surface area contributed by atoms with E-state index in [4.69, 9.17) is 0 Å². The Morgan fingerprint density at radius 1 is 1.00 bits per heavy atom. The molecule has 1 aromatic rings. The highest BCUT2D eigenvalue weighted by atomic mass is 19.1. The number of amides is 1. The topological polar surface area (TPSA) is 47.6 Å². The molecule has 5 aliphatic rings. The van der Waals surface area contributed by atoms with Gasteiger partial charge in [0.2, 0.25) is 5.91 Å². The maximum absolute atomic E-state index is 13.5. The van der Waals surface area contributed by atoms with E-state index in [0.717, 1.165) is 44.6 Å². The van der Waals surface area contributed by atoms with Gasteiger partial charge in [0.25, 0.3) is 0 Å². The summed E-state index contributed by atoms with van der Waals surface area (Å²) in [5.74, 6) is 1.10. The molecule has 4 aliphatic heterocycles. The Balaban J connectivity index is 1.27. The van der Waals surface area contributed by atoms with Gasteiger partial charge in [0, 0.05) is 44.2 Å². The summed E-state index contributed by atoms with van der Waals surface area (Å²) in [6.45, 7) is 3.68. The summed E-state index contributed by atoms with van der Waals surface area (Å²) in [6, 6.07) is 7.53. The van der Waals surface area contributed by atoms with Crippen LogP contribution in [0.4, 0.5) is 4.39 Å². The standard InChI is InChI=1S/C22H31FN4O/c23-17-8-5-15(6-9-17)11-26-12-16-7-10-18(14-26)27(13-16)22(28)21-19-3-1-2-4-20(19)24-25-21/h5-6,8-9,16,18-21,24-25H,1-4,7,10-14H2/t16-,18+,19?,20?,21?/m0/s1. The van der Waals surface area contributed by atoms with Crippen LogP contribution in [0.1, 0.15) is 44.1 Å². The smallest absolute Gasteiger partial charge is 0.241 e. The van der Waals surface area contributed by atoms with E-state index in [-0.39, 0.29) is 11.9 Å². The van der Waals surface area contributed by atoms with E-state index in [9.17, 15) is 9.18 Å². The highest BCUT2D eigenvalue weighted by molar-refractivity contribution is 5.83. The first-order chi connectivity index (χ1) is 13.7. The lowest BCUT2D eigenvalue weighted by atomic mass is 9.81. The van der Waals surface area contributed by atoms with E-state index in [1.807, 2.05) is 12.1 Å². The number of hydrogen-bond donors (Lipinski definition) is 2. The van der Waals surface area contributed by atoms with Crippen LogP contribution >= 0.6 is 0 Å². The Hall–Kier alpha value is -1.50. The number of fused-ring (bicyclic) bond motifs is 5. The Kier molecular flexibility index (Phi) is 5.11. The van der Waals surface area contributed by atoms with Gasteiger partial charge < -0.3 is 4.90 Å². The van der Waals surface area contributed by atoms with Crippen LogP contribution in [0, 0.1) is 17.7 Å². The molecule has 152 valence electrons. The van der Waals surface area contributed by atoms with Gasteiger partial charge in [-0.3, -0.25) is 15.1 Å². The summed E-state index contributed by atoms with van der Waals surface area (Å²) < 4.78 is 13.2. The lowest BCUT2D eigenvalue weighted by molar-refractivity contribution is -0.138. The Labute approximate surface area is 166 Å². The SMILES string of the molecule is O=C(C1NNC2CCCCC21)N1C[C@H]2CC[C@@H]1CN(Cc1ccc(F)cc1)C2. The van der Waals surface area contributed by atoms with E-state index in [2.05, 4.69) is 20.7 Å². The molecule has 1 saturated carbocycles. The van der Waals surface area contributed by atoms with Crippen LogP contribution in [0.5, 0.6) is 0 Å². The van der Waals surface area contributed by atoms with Crippen molar-refractivity contribution in [3.8, 4) is 0 Å². The summed E-state index contributed by atoms with van der Waals surface area (Å²) >= 11 is 0. The molecular weight excluding hydrogens is 355 g/mol. The highest BCUT2D eigenvalue weighted by Gasteiger charge is 2.46. The molecule has 5 fully saturated rings. The average Bonchev–Trinajstić information content (AvgIpc) is 2.95. The summed E-state index contributed by atoms with van der Waals surface area (Å²) in [5, 5.41) is 0. The minimum Gasteiger partial charge on any atom is -0.337 e. The van der Waals surface area contributed by atoms with Gasteiger partial charge in [0.15, 0.2) is 0 Å². The quantitative estimate of drug-likeness (QED) is 0.837. The number of hydrazine groups is 1. The van der Waals surface area contributed by atoms with Crippen molar-refractivity contribution < 1.29 is 9.18 Å². The predicted octanol–water partition coefficient (Wildman–Crippen LogP) is 2.28. The Morgan fingerprint density at radius 3 is 2.68 bits per heavy atom. The van der Waals surface area contributed by atoms with E-state index < -0.39 is 0 Å².